The molecular formula is C11H15N3O2. The lowest BCUT2D eigenvalue weighted by Crippen LogP contribution is -2.33. The van der Waals surface area contributed by atoms with Crippen LogP contribution in [0.15, 0.2) is 18.3 Å². The van der Waals surface area contributed by atoms with Crippen molar-refractivity contribution in [1.82, 2.24) is 9.88 Å². The second kappa shape index (κ2) is 4.38. The van der Waals surface area contributed by atoms with Gasteiger partial charge in [-0.05, 0) is 25.0 Å². The van der Waals surface area contributed by atoms with E-state index in [4.69, 9.17) is 10.5 Å². The van der Waals surface area contributed by atoms with Gasteiger partial charge in [-0.25, -0.2) is 4.98 Å². The zero-order valence-corrected chi connectivity index (χ0v) is 9.22. The van der Waals surface area contributed by atoms with E-state index in [0.717, 1.165) is 12.8 Å². The fraction of sp³-hybridized carbons (Fsp3) is 0.455. The Balaban J connectivity index is 1.87. The highest BCUT2D eigenvalue weighted by atomic mass is 16.5. The highest BCUT2D eigenvalue weighted by molar-refractivity contribution is 5.78. The van der Waals surface area contributed by atoms with E-state index >= 15 is 0 Å². The summed E-state index contributed by atoms with van der Waals surface area (Å²) in [7, 11) is 1.80. The minimum Gasteiger partial charge on any atom is -0.480 e. The number of hydrogen-bond donors (Lipinski definition) is 1. The average Bonchev–Trinajstić information content (AvgIpc) is 3.10. The van der Waals surface area contributed by atoms with Gasteiger partial charge >= 0.3 is 0 Å². The first-order valence-electron chi connectivity index (χ1n) is 5.27. The summed E-state index contributed by atoms with van der Waals surface area (Å²) in [5.74, 6) is 0.746. The van der Waals surface area contributed by atoms with Gasteiger partial charge in [0.25, 0.3) is 5.91 Å². The lowest BCUT2D eigenvalue weighted by Gasteiger charge is -2.16. The molecule has 0 aromatic carbocycles. The van der Waals surface area contributed by atoms with E-state index in [1.807, 2.05) is 0 Å². The zero-order chi connectivity index (χ0) is 11.5. The highest BCUT2D eigenvalue weighted by Crippen LogP contribution is 2.25. The second-order valence-electron chi connectivity index (χ2n) is 3.91. The minimum atomic E-state index is -0.0225. The molecule has 5 heteroatoms. The largest absolute Gasteiger partial charge is 0.480 e. The third-order valence-electron chi connectivity index (χ3n) is 2.64. The topological polar surface area (TPSA) is 68.5 Å². The van der Waals surface area contributed by atoms with E-state index in [0.29, 0.717) is 17.6 Å². The number of nitrogens with zero attached hydrogens (tertiary/aromatic N) is 2. The maximum absolute atomic E-state index is 11.6. The Hall–Kier alpha value is -1.78. The normalized spacial score (nSPS) is 14.6. The van der Waals surface area contributed by atoms with Gasteiger partial charge in [0.2, 0.25) is 0 Å². The number of hydrogen-bond acceptors (Lipinski definition) is 4. The summed E-state index contributed by atoms with van der Waals surface area (Å²) in [6, 6.07) is 3.83. The average molecular weight is 221 g/mol. The first-order chi connectivity index (χ1) is 7.68. The van der Waals surface area contributed by atoms with Crippen molar-refractivity contribution in [3.05, 3.63) is 18.3 Å². The monoisotopic (exact) mass is 221 g/mol. The van der Waals surface area contributed by atoms with Crippen LogP contribution in [0.25, 0.3) is 0 Å². The molecule has 0 radical (unpaired) electrons. The summed E-state index contributed by atoms with van der Waals surface area (Å²) in [4.78, 5) is 17.3. The number of nitrogens with two attached hydrogens (primary N) is 1. The van der Waals surface area contributed by atoms with E-state index in [-0.39, 0.29) is 12.5 Å². The van der Waals surface area contributed by atoms with Crippen molar-refractivity contribution in [3.8, 4) is 5.75 Å². The zero-order valence-electron chi connectivity index (χ0n) is 9.22. The third kappa shape index (κ3) is 2.42. The molecule has 1 aliphatic rings. The summed E-state index contributed by atoms with van der Waals surface area (Å²) in [6.45, 7) is 0.0168. The Morgan fingerprint density at radius 3 is 3.06 bits per heavy atom. The molecule has 2 rings (SSSR count). The van der Waals surface area contributed by atoms with Crippen molar-refractivity contribution in [2.24, 2.45) is 0 Å². The van der Waals surface area contributed by atoms with Crippen LogP contribution in [-0.4, -0.2) is 35.5 Å². The Kier molecular flexibility index (Phi) is 2.94. The van der Waals surface area contributed by atoms with E-state index in [9.17, 15) is 4.79 Å². The van der Waals surface area contributed by atoms with E-state index < -0.39 is 0 Å². The molecule has 0 atom stereocenters. The molecule has 86 valence electrons. The minimum absolute atomic E-state index is 0.0168. The quantitative estimate of drug-likeness (QED) is 0.811. The van der Waals surface area contributed by atoms with Crippen LogP contribution in [0.1, 0.15) is 12.8 Å². The Labute approximate surface area is 94.2 Å². The van der Waals surface area contributed by atoms with Gasteiger partial charge in [-0.2, -0.15) is 0 Å². The molecule has 5 nitrogen and oxygen atoms in total. The number of likely N-dealkylation sites (N-methyl/N-ethyl adjacent to an activating group) is 1. The van der Waals surface area contributed by atoms with Crippen LogP contribution in [0.2, 0.25) is 0 Å². The SMILES string of the molecule is CN(C(=O)COc1cccnc1N)C1CC1. The van der Waals surface area contributed by atoms with Crippen molar-refractivity contribution >= 4 is 11.7 Å². The number of amides is 1. The highest BCUT2D eigenvalue weighted by Gasteiger charge is 2.29. The van der Waals surface area contributed by atoms with Crippen LogP contribution in [0.3, 0.4) is 0 Å². The predicted molar refractivity (Wildman–Crippen MR) is 59.9 cm³/mol. The number of rotatable bonds is 4. The second-order valence-corrected chi connectivity index (χ2v) is 3.91. The number of aromatic nitrogens is 1. The van der Waals surface area contributed by atoms with Crippen LogP contribution in [0.5, 0.6) is 5.75 Å². The van der Waals surface area contributed by atoms with E-state index in [1.165, 1.54) is 0 Å². The maximum Gasteiger partial charge on any atom is 0.260 e. The molecule has 1 heterocycles. The van der Waals surface area contributed by atoms with Gasteiger partial charge in [-0.15, -0.1) is 0 Å². The van der Waals surface area contributed by atoms with Gasteiger partial charge in [0.05, 0.1) is 0 Å². The fourth-order valence-corrected chi connectivity index (χ4v) is 1.43. The number of ether oxygens (including phenoxy) is 1. The molecule has 1 aromatic rings. The fourth-order valence-electron chi connectivity index (χ4n) is 1.43. The summed E-state index contributed by atoms with van der Waals surface area (Å²) in [5.41, 5.74) is 5.59. The van der Waals surface area contributed by atoms with E-state index in [1.54, 1.807) is 30.3 Å². The van der Waals surface area contributed by atoms with Crippen molar-refractivity contribution in [3.63, 3.8) is 0 Å². The number of carbonyl (C=O) groups excluding carboxylic acids is 1. The number of pyridine rings is 1. The smallest absolute Gasteiger partial charge is 0.260 e. The standard InChI is InChI=1S/C11H15N3O2/c1-14(8-4-5-8)10(15)7-16-9-3-2-6-13-11(9)12/h2-3,6,8H,4-5,7H2,1H3,(H2,12,13). The maximum atomic E-state index is 11.6. The van der Waals surface area contributed by atoms with Crippen molar-refractivity contribution in [2.45, 2.75) is 18.9 Å². The van der Waals surface area contributed by atoms with E-state index in [2.05, 4.69) is 4.98 Å². The van der Waals surface area contributed by atoms with Gasteiger partial charge in [0.15, 0.2) is 18.2 Å². The summed E-state index contributed by atoms with van der Waals surface area (Å²) in [5, 5.41) is 0. The van der Waals surface area contributed by atoms with Crippen LogP contribution < -0.4 is 10.5 Å². The Morgan fingerprint density at radius 1 is 1.69 bits per heavy atom. The molecule has 1 aliphatic carbocycles. The van der Waals surface area contributed by atoms with Crippen molar-refractivity contribution < 1.29 is 9.53 Å². The summed E-state index contributed by atoms with van der Waals surface area (Å²) >= 11 is 0. The van der Waals surface area contributed by atoms with Gasteiger partial charge in [-0.1, -0.05) is 0 Å². The molecule has 1 aromatic heterocycles. The van der Waals surface area contributed by atoms with Gasteiger partial charge in [0.1, 0.15) is 0 Å². The Bertz CT molecular complexity index is 391. The van der Waals surface area contributed by atoms with Gasteiger partial charge < -0.3 is 15.4 Å². The molecule has 0 aliphatic heterocycles. The predicted octanol–water partition coefficient (Wildman–Crippen LogP) is 0.663. The first kappa shape index (κ1) is 10.7. The molecule has 1 amide bonds. The summed E-state index contributed by atoms with van der Waals surface area (Å²) in [6.07, 6.45) is 3.77. The lowest BCUT2D eigenvalue weighted by molar-refractivity contribution is -0.132. The first-order valence-corrected chi connectivity index (χ1v) is 5.27. The number of anilines is 1. The van der Waals surface area contributed by atoms with Crippen LogP contribution >= 0.6 is 0 Å². The van der Waals surface area contributed by atoms with Crippen molar-refractivity contribution in [1.29, 1.82) is 0 Å². The molecule has 1 fully saturated rings. The molecule has 1 saturated carbocycles. The molecule has 0 saturated heterocycles. The molecule has 0 unspecified atom stereocenters. The van der Waals surface area contributed by atoms with Gasteiger partial charge in [-0.3, -0.25) is 4.79 Å². The Morgan fingerprint density at radius 2 is 2.44 bits per heavy atom. The molecule has 2 N–H and O–H groups in total. The molecule has 0 spiro atoms. The van der Waals surface area contributed by atoms with Crippen molar-refractivity contribution in [2.75, 3.05) is 19.4 Å². The number of carbonyl (C=O) groups is 1. The lowest BCUT2D eigenvalue weighted by atomic mass is 10.4. The molecular weight excluding hydrogens is 206 g/mol. The van der Waals surface area contributed by atoms with Gasteiger partial charge in [0, 0.05) is 19.3 Å². The van der Waals surface area contributed by atoms with Crippen LogP contribution in [0, 0.1) is 0 Å². The summed E-state index contributed by atoms with van der Waals surface area (Å²) < 4.78 is 5.32. The third-order valence-corrected chi connectivity index (χ3v) is 2.64. The van der Waals surface area contributed by atoms with Crippen LogP contribution in [0.4, 0.5) is 5.82 Å². The number of nitrogen functional groups attached to an aromatic ring is 1. The molecule has 0 bridgehead atoms. The molecule has 16 heavy (non-hydrogen) atoms. The van der Waals surface area contributed by atoms with Crippen LogP contribution in [-0.2, 0) is 4.79 Å².